The summed E-state index contributed by atoms with van der Waals surface area (Å²) in [6.07, 6.45) is 0. The van der Waals surface area contributed by atoms with Crippen molar-refractivity contribution >= 4 is 11.8 Å². The second-order valence-corrected chi connectivity index (χ2v) is 5.80. The van der Waals surface area contributed by atoms with Crippen LogP contribution in [0.3, 0.4) is 0 Å². The largest absolute Gasteiger partial charge is 0.375 e. The molecule has 2 aliphatic rings. The zero-order valence-electron chi connectivity index (χ0n) is 12.4. The second kappa shape index (κ2) is 5.48. The molecule has 3 rings (SSSR count). The first-order chi connectivity index (χ1) is 10.1. The number of hydrogen-bond acceptors (Lipinski definition) is 3. The summed E-state index contributed by atoms with van der Waals surface area (Å²) in [5.74, 6) is 0.237. The van der Waals surface area contributed by atoms with Crippen molar-refractivity contribution in [2.24, 2.45) is 0 Å². The van der Waals surface area contributed by atoms with Crippen molar-refractivity contribution in [1.82, 2.24) is 9.80 Å². The van der Waals surface area contributed by atoms with E-state index >= 15 is 0 Å². The van der Waals surface area contributed by atoms with Gasteiger partial charge in [-0.25, -0.2) is 0 Å². The highest BCUT2D eigenvalue weighted by atomic mass is 16.5. The lowest BCUT2D eigenvalue weighted by atomic mass is 9.85. The van der Waals surface area contributed by atoms with E-state index in [0.717, 1.165) is 6.54 Å². The number of benzene rings is 1. The number of carbonyl (C=O) groups excluding carboxylic acids is 2. The van der Waals surface area contributed by atoms with Gasteiger partial charge in [-0.1, -0.05) is 31.2 Å². The van der Waals surface area contributed by atoms with Gasteiger partial charge in [-0.2, -0.15) is 0 Å². The molecule has 5 heteroatoms. The number of rotatable bonds is 2. The fourth-order valence-electron chi connectivity index (χ4n) is 3.36. The number of amides is 2. The molecule has 2 amide bonds. The zero-order chi connectivity index (χ0) is 15.0. The molecule has 5 nitrogen and oxygen atoms in total. The molecule has 2 atom stereocenters. The van der Waals surface area contributed by atoms with Crippen molar-refractivity contribution in [2.75, 3.05) is 33.4 Å². The maximum atomic E-state index is 12.4. The minimum absolute atomic E-state index is 0.0251. The highest BCUT2D eigenvalue weighted by Crippen LogP contribution is 2.37. The van der Waals surface area contributed by atoms with Crippen LogP contribution in [-0.4, -0.2) is 55.0 Å². The normalized spacial score (nSPS) is 24.6. The number of methoxy groups -OCH3 is 1. The van der Waals surface area contributed by atoms with Crippen molar-refractivity contribution in [3.63, 3.8) is 0 Å². The monoisotopic (exact) mass is 288 g/mol. The first-order valence-corrected chi connectivity index (χ1v) is 7.26. The fourth-order valence-corrected chi connectivity index (χ4v) is 3.36. The minimum atomic E-state index is -0.124. The van der Waals surface area contributed by atoms with Crippen LogP contribution in [0.2, 0.25) is 0 Å². The summed E-state index contributed by atoms with van der Waals surface area (Å²) in [4.78, 5) is 27.9. The Morgan fingerprint density at radius 1 is 1.29 bits per heavy atom. The lowest BCUT2D eigenvalue weighted by Crippen LogP contribution is -2.56. The SMILES string of the molecule is COCC(=O)N1CC(=O)N2CC(C)c3ccccc3C2C1. The van der Waals surface area contributed by atoms with Gasteiger partial charge in [-0.05, 0) is 17.0 Å². The van der Waals surface area contributed by atoms with Crippen LogP contribution in [0.5, 0.6) is 0 Å². The first kappa shape index (κ1) is 14.1. The number of fused-ring (bicyclic) bond motifs is 3. The Balaban J connectivity index is 1.91. The van der Waals surface area contributed by atoms with E-state index in [1.54, 1.807) is 4.90 Å². The number of piperazine rings is 1. The molecule has 1 saturated heterocycles. The summed E-state index contributed by atoms with van der Waals surface area (Å²) in [5.41, 5.74) is 2.45. The maximum absolute atomic E-state index is 12.4. The molecule has 2 aliphatic heterocycles. The lowest BCUT2D eigenvalue weighted by Gasteiger charge is -2.46. The summed E-state index contributed by atoms with van der Waals surface area (Å²) in [6, 6.07) is 8.19. The average Bonchev–Trinajstić information content (AvgIpc) is 2.49. The van der Waals surface area contributed by atoms with Crippen LogP contribution < -0.4 is 0 Å². The van der Waals surface area contributed by atoms with E-state index in [-0.39, 0.29) is 31.0 Å². The van der Waals surface area contributed by atoms with Crippen LogP contribution in [-0.2, 0) is 14.3 Å². The molecular weight excluding hydrogens is 268 g/mol. The molecule has 1 fully saturated rings. The molecule has 2 heterocycles. The van der Waals surface area contributed by atoms with Gasteiger partial charge in [0.2, 0.25) is 11.8 Å². The molecule has 0 spiro atoms. The highest BCUT2D eigenvalue weighted by molar-refractivity contribution is 5.87. The van der Waals surface area contributed by atoms with E-state index in [4.69, 9.17) is 4.74 Å². The van der Waals surface area contributed by atoms with Gasteiger partial charge in [-0.3, -0.25) is 9.59 Å². The summed E-state index contributed by atoms with van der Waals surface area (Å²) < 4.78 is 4.90. The van der Waals surface area contributed by atoms with Crippen LogP contribution in [0.25, 0.3) is 0 Å². The summed E-state index contributed by atoms with van der Waals surface area (Å²) in [6.45, 7) is 3.61. The summed E-state index contributed by atoms with van der Waals surface area (Å²) in [7, 11) is 1.49. The molecule has 0 aliphatic carbocycles. The summed E-state index contributed by atoms with van der Waals surface area (Å²) in [5, 5.41) is 0. The standard InChI is InChI=1S/C16H20N2O3/c1-11-7-18-14(13-6-4-3-5-12(11)13)8-17(9-15(18)19)16(20)10-21-2/h3-6,11,14H,7-10H2,1-2H3. The van der Waals surface area contributed by atoms with Crippen molar-refractivity contribution in [3.05, 3.63) is 35.4 Å². The Bertz CT molecular complexity index is 572. The van der Waals surface area contributed by atoms with Crippen LogP contribution in [0.1, 0.15) is 30.0 Å². The quantitative estimate of drug-likeness (QED) is 0.820. The fraction of sp³-hybridized carbons (Fsp3) is 0.500. The molecule has 0 saturated carbocycles. The molecule has 1 aromatic rings. The van der Waals surface area contributed by atoms with Crippen LogP contribution in [0.4, 0.5) is 0 Å². The Kier molecular flexibility index (Phi) is 3.68. The number of ether oxygens (including phenoxy) is 1. The van der Waals surface area contributed by atoms with Gasteiger partial charge in [0.05, 0.1) is 12.6 Å². The van der Waals surface area contributed by atoms with Crippen LogP contribution in [0, 0.1) is 0 Å². The third-order valence-corrected chi connectivity index (χ3v) is 4.39. The topological polar surface area (TPSA) is 49.9 Å². The van der Waals surface area contributed by atoms with E-state index in [9.17, 15) is 9.59 Å². The van der Waals surface area contributed by atoms with Crippen molar-refractivity contribution in [1.29, 1.82) is 0 Å². The predicted molar refractivity (Wildman–Crippen MR) is 77.8 cm³/mol. The number of carbonyl (C=O) groups is 2. The third kappa shape index (κ3) is 2.42. The van der Waals surface area contributed by atoms with E-state index in [0.29, 0.717) is 12.5 Å². The Morgan fingerprint density at radius 2 is 2.00 bits per heavy atom. The molecule has 0 aromatic heterocycles. The average molecular weight is 288 g/mol. The van der Waals surface area contributed by atoms with Gasteiger partial charge in [0, 0.05) is 20.2 Å². The van der Waals surface area contributed by atoms with E-state index in [1.807, 2.05) is 17.0 Å². The Hall–Kier alpha value is -1.88. The van der Waals surface area contributed by atoms with Gasteiger partial charge >= 0.3 is 0 Å². The second-order valence-electron chi connectivity index (χ2n) is 5.80. The van der Waals surface area contributed by atoms with Crippen LogP contribution in [0.15, 0.2) is 24.3 Å². The smallest absolute Gasteiger partial charge is 0.249 e. The molecular formula is C16H20N2O3. The molecule has 0 bridgehead atoms. The predicted octanol–water partition coefficient (Wildman–Crippen LogP) is 1.16. The van der Waals surface area contributed by atoms with E-state index < -0.39 is 0 Å². The molecule has 0 radical (unpaired) electrons. The number of hydrogen-bond donors (Lipinski definition) is 0. The van der Waals surface area contributed by atoms with Gasteiger partial charge in [0.15, 0.2) is 0 Å². The molecule has 21 heavy (non-hydrogen) atoms. The van der Waals surface area contributed by atoms with Gasteiger partial charge < -0.3 is 14.5 Å². The van der Waals surface area contributed by atoms with Gasteiger partial charge in [-0.15, -0.1) is 0 Å². The maximum Gasteiger partial charge on any atom is 0.249 e. The third-order valence-electron chi connectivity index (χ3n) is 4.39. The molecule has 112 valence electrons. The van der Waals surface area contributed by atoms with Gasteiger partial charge in [0.25, 0.3) is 0 Å². The van der Waals surface area contributed by atoms with E-state index in [1.165, 1.54) is 18.2 Å². The Labute approximate surface area is 124 Å². The van der Waals surface area contributed by atoms with Crippen molar-refractivity contribution in [2.45, 2.75) is 18.9 Å². The minimum Gasteiger partial charge on any atom is -0.375 e. The first-order valence-electron chi connectivity index (χ1n) is 7.26. The van der Waals surface area contributed by atoms with Gasteiger partial charge in [0.1, 0.15) is 6.61 Å². The van der Waals surface area contributed by atoms with Crippen LogP contribution >= 0.6 is 0 Å². The zero-order valence-corrected chi connectivity index (χ0v) is 12.4. The molecule has 2 unspecified atom stereocenters. The van der Waals surface area contributed by atoms with Crippen molar-refractivity contribution < 1.29 is 14.3 Å². The lowest BCUT2D eigenvalue weighted by molar-refractivity contribution is -0.151. The Morgan fingerprint density at radius 3 is 2.71 bits per heavy atom. The van der Waals surface area contributed by atoms with Crippen molar-refractivity contribution in [3.8, 4) is 0 Å². The highest BCUT2D eigenvalue weighted by Gasteiger charge is 2.40. The molecule has 0 N–H and O–H groups in total. The summed E-state index contributed by atoms with van der Waals surface area (Å²) >= 11 is 0. The number of nitrogens with zero attached hydrogens (tertiary/aromatic N) is 2. The molecule has 1 aromatic carbocycles. The van der Waals surface area contributed by atoms with E-state index in [2.05, 4.69) is 19.1 Å².